The van der Waals surface area contributed by atoms with Crippen molar-refractivity contribution >= 4 is 0 Å². The Labute approximate surface area is 73.6 Å². The minimum Gasteiger partial charge on any atom is -0.370 e. The zero-order valence-electron chi connectivity index (χ0n) is 7.61. The SMILES string of the molecule is CC1=C(C2CCNCC2)NCN1. The molecular weight excluding hydrogens is 150 g/mol. The Balaban J connectivity index is 2.02. The lowest BCUT2D eigenvalue weighted by Crippen LogP contribution is -2.31. The predicted octanol–water partition coefficient (Wildman–Crippen LogP) is 0.368. The van der Waals surface area contributed by atoms with Crippen molar-refractivity contribution in [2.75, 3.05) is 19.8 Å². The second-order valence-corrected chi connectivity index (χ2v) is 3.59. The molecule has 2 heterocycles. The fourth-order valence-electron chi connectivity index (χ4n) is 2.06. The Morgan fingerprint density at radius 3 is 2.50 bits per heavy atom. The quantitative estimate of drug-likeness (QED) is 0.528. The second-order valence-electron chi connectivity index (χ2n) is 3.59. The van der Waals surface area contributed by atoms with E-state index in [4.69, 9.17) is 0 Å². The maximum atomic E-state index is 3.42. The van der Waals surface area contributed by atoms with E-state index >= 15 is 0 Å². The fourth-order valence-corrected chi connectivity index (χ4v) is 2.06. The van der Waals surface area contributed by atoms with Crippen molar-refractivity contribution in [3.05, 3.63) is 11.4 Å². The number of hydrogen-bond acceptors (Lipinski definition) is 3. The summed E-state index contributed by atoms with van der Waals surface area (Å²) in [5.41, 5.74) is 2.80. The molecule has 2 aliphatic rings. The molecule has 0 aromatic rings. The van der Waals surface area contributed by atoms with Crippen molar-refractivity contribution < 1.29 is 0 Å². The van der Waals surface area contributed by atoms with E-state index < -0.39 is 0 Å². The van der Waals surface area contributed by atoms with E-state index in [-0.39, 0.29) is 0 Å². The van der Waals surface area contributed by atoms with Gasteiger partial charge in [0.25, 0.3) is 0 Å². The first-order valence-corrected chi connectivity index (χ1v) is 4.77. The summed E-state index contributed by atoms with van der Waals surface area (Å²) in [6.07, 6.45) is 2.56. The van der Waals surface area contributed by atoms with Gasteiger partial charge in [0.15, 0.2) is 0 Å². The highest BCUT2D eigenvalue weighted by atomic mass is 15.1. The van der Waals surface area contributed by atoms with Crippen LogP contribution in [0.3, 0.4) is 0 Å². The maximum Gasteiger partial charge on any atom is 0.0845 e. The predicted molar refractivity (Wildman–Crippen MR) is 49.4 cm³/mol. The van der Waals surface area contributed by atoms with Crippen molar-refractivity contribution in [1.82, 2.24) is 16.0 Å². The summed E-state index contributed by atoms with van der Waals surface area (Å²) in [6.45, 7) is 5.43. The van der Waals surface area contributed by atoms with Crippen molar-refractivity contribution in [3.63, 3.8) is 0 Å². The topological polar surface area (TPSA) is 36.1 Å². The highest BCUT2D eigenvalue weighted by Crippen LogP contribution is 2.22. The molecule has 3 N–H and O–H groups in total. The molecule has 68 valence electrons. The van der Waals surface area contributed by atoms with Crippen LogP contribution in [0.15, 0.2) is 11.4 Å². The van der Waals surface area contributed by atoms with E-state index in [1.54, 1.807) is 0 Å². The molecule has 0 aromatic heterocycles. The van der Waals surface area contributed by atoms with Crippen molar-refractivity contribution in [3.8, 4) is 0 Å². The summed E-state index contributed by atoms with van der Waals surface area (Å²) >= 11 is 0. The number of allylic oxidation sites excluding steroid dienone is 2. The zero-order chi connectivity index (χ0) is 8.39. The molecule has 3 nitrogen and oxygen atoms in total. The lowest BCUT2D eigenvalue weighted by Gasteiger charge is -2.24. The lowest BCUT2D eigenvalue weighted by atomic mass is 9.94. The van der Waals surface area contributed by atoms with Crippen LogP contribution in [0.25, 0.3) is 0 Å². The van der Waals surface area contributed by atoms with Gasteiger partial charge < -0.3 is 16.0 Å². The number of hydrogen-bond donors (Lipinski definition) is 3. The summed E-state index contributed by atoms with van der Waals surface area (Å²) in [5.74, 6) is 0.765. The first kappa shape index (κ1) is 7.92. The molecule has 0 saturated carbocycles. The zero-order valence-corrected chi connectivity index (χ0v) is 7.61. The van der Waals surface area contributed by atoms with E-state index in [0.717, 1.165) is 12.6 Å². The van der Waals surface area contributed by atoms with Gasteiger partial charge in [-0.1, -0.05) is 0 Å². The lowest BCUT2D eigenvalue weighted by molar-refractivity contribution is 0.406. The number of piperidine rings is 1. The Morgan fingerprint density at radius 1 is 1.17 bits per heavy atom. The number of rotatable bonds is 1. The molecule has 0 aliphatic carbocycles. The van der Waals surface area contributed by atoms with E-state index in [1.165, 1.54) is 37.3 Å². The maximum absolute atomic E-state index is 3.42. The van der Waals surface area contributed by atoms with Crippen molar-refractivity contribution in [1.29, 1.82) is 0 Å². The van der Waals surface area contributed by atoms with E-state index in [1.807, 2.05) is 0 Å². The average molecular weight is 167 g/mol. The van der Waals surface area contributed by atoms with E-state index in [0.29, 0.717) is 0 Å². The minimum absolute atomic E-state index is 0.765. The summed E-state index contributed by atoms with van der Waals surface area (Å²) < 4.78 is 0. The summed E-state index contributed by atoms with van der Waals surface area (Å²) in [7, 11) is 0. The van der Waals surface area contributed by atoms with E-state index in [2.05, 4.69) is 22.9 Å². The van der Waals surface area contributed by atoms with Crippen LogP contribution in [0.5, 0.6) is 0 Å². The molecule has 2 aliphatic heterocycles. The summed E-state index contributed by atoms with van der Waals surface area (Å²) in [4.78, 5) is 0. The molecule has 1 fully saturated rings. The van der Waals surface area contributed by atoms with Crippen LogP contribution >= 0.6 is 0 Å². The van der Waals surface area contributed by atoms with Crippen LogP contribution < -0.4 is 16.0 Å². The first-order chi connectivity index (χ1) is 5.88. The Kier molecular flexibility index (Phi) is 2.21. The van der Waals surface area contributed by atoms with Crippen LogP contribution in [0.4, 0.5) is 0 Å². The highest BCUT2D eigenvalue weighted by molar-refractivity contribution is 5.17. The van der Waals surface area contributed by atoms with Crippen LogP contribution in [-0.2, 0) is 0 Å². The van der Waals surface area contributed by atoms with Gasteiger partial charge >= 0.3 is 0 Å². The van der Waals surface area contributed by atoms with Gasteiger partial charge in [-0.2, -0.15) is 0 Å². The third-order valence-corrected chi connectivity index (χ3v) is 2.78. The molecule has 0 aromatic carbocycles. The van der Waals surface area contributed by atoms with Gasteiger partial charge in [-0.3, -0.25) is 0 Å². The average Bonchev–Trinajstić information content (AvgIpc) is 2.53. The molecular formula is C9H17N3. The first-order valence-electron chi connectivity index (χ1n) is 4.77. The van der Waals surface area contributed by atoms with Gasteiger partial charge in [0.05, 0.1) is 6.67 Å². The smallest absolute Gasteiger partial charge is 0.0845 e. The standard InChI is InChI=1S/C9H17N3/c1-7-9(12-6-11-7)8-2-4-10-5-3-8/h8,10-12H,2-6H2,1H3. The Bertz CT molecular complexity index is 192. The minimum atomic E-state index is 0.765. The van der Waals surface area contributed by atoms with Gasteiger partial charge in [0.2, 0.25) is 0 Å². The Morgan fingerprint density at radius 2 is 1.92 bits per heavy atom. The third-order valence-electron chi connectivity index (χ3n) is 2.78. The molecule has 3 heteroatoms. The van der Waals surface area contributed by atoms with Gasteiger partial charge in [0.1, 0.15) is 0 Å². The van der Waals surface area contributed by atoms with Gasteiger partial charge in [-0.25, -0.2) is 0 Å². The molecule has 0 radical (unpaired) electrons. The van der Waals surface area contributed by atoms with Gasteiger partial charge in [-0.15, -0.1) is 0 Å². The van der Waals surface area contributed by atoms with Crippen LogP contribution in [-0.4, -0.2) is 19.8 Å². The van der Waals surface area contributed by atoms with Gasteiger partial charge in [-0.05, 0) is 32.9 Å². The molecule has 12 heavy (non-hydrogen) atoms. The number of nitrogens with one attached hydrogen (secondary N) is 3. The normalized spacial score (nSPS) is 25.4. The summed E-state index contributed by atoms with van der Waals surface area (Å²) in [6, 6.07) is 0. The molecule has 0 amide bonds. The molecule has 2 rings (SSSR count). The molecule has 1 saturated heterocycles. The van der Waals surface area contributed by atoms with E-state index in [9.17, 15) is 0 Å². The molecule has 0 spiro atoms. The third kappa shape index (κ3) is 1.41. The highest BCUT2D eigenvalue weighted by Gasteiger charge is 2.21. The fraction of sp³-hybridized carbons (Fsp3) is 0.778. The molecule has 0 bridgehead atoms. The van der Waals surface area contributed by atoms with Crippen molar-refractivity contribution in [2.45, 2.75) is 19.8 Å². The monoisotopic (exact) mass is 167 g/mol. The summed E-state index contributed by atoms with van der Waals surface area (Å²) in [5, 5.41) is 10.1. The molecule has 0 unspecified atom stereocenters. The van der Waals surface area contributed by atoms with Gasteiger partial charge in [0, 0.05) is 17.3 Å². The van der Waals surface area contributed by atoms with Crippen LogP contribution in [0.1, 0.15) is 19.8 Å². The second kappa shape index (κ2) is 3.35. The van der Waals surface area contributed by atoms with Crippen molar-refractivity contribution in [2.24, 2.45) is 5.92 Å². The Hall–Kier alpha value is -0.700. The molecule has 0 atom stereocenters. The largest absolute Gasteiger partial charge is 0.370 e. The van der Waals surface area contributed by atoms with Crippen LogP contribution in [0, 0.1) is 5.92 Å². The van der Waals surface area contributed by atoms with Crippen LogP contribution in [0.2, 0.25) is 0 Å².